The molecule has 4 rings (SSSR count). The molecule has 0 spiro atoms. The minimum atomic E-state index is -1.09. The van der Waals surface area contributed by atoms with E-state index in [9.17, 15) is 19.5 Å². The first-order valence-corrected chi connectivity index (χ1v) is 10.5. The largest absolute Gasteiger partial charge is 0.484 e. The summed E-state index contributed by atoms with van der Waals surface area (Å²) >= 11 is 0. The highest BCUT2D eigenvalue weighted by Crippen LogP contribution is 2.37. The molecule has 2 aromatic rings. The summed E-state index contributed by atoms with van der Waals surface area (Å²) in [5, 5.41) is 11.8. The third kappa shape index (κ3) is 4.77. The Morgan fingerprint density at radius 3 is 2.70 bits per heavy atom. The van der Waals surface area contributed by atoms with Gasteiger partial charge in [0.15, 0.2) is 23.9 Å². The molecule has 33 heavy (non-hydrogen) atoms. The number of rotatable bonds is 8. The number of fused-ring (bicyclic) bond motifs is 2. The highest BCUT2D eigenvalue weighted by molar-refractivity contribution is 6.14. The molecule has 1 amide bonds. The number of carbonyl (C=O) groups is 3. The molecular formula is C24H23NO8. The molecule has 0 saturated carbocycles. The first-order valence-electron chi connectivity index (χ1n) is 10.5. The molecule has 2 N–H and O–H groups in total. The lowest BCUT2D eigenvalue weighted by Crippen LogP contribution is -2.46. The fourth-order valence-corrected chi connectivity index (χ4v) is 3.46. The van der Waals surface area contributed by atoms with Gasteiger partial charge in [0.25, 0.3) is 5.91 Å². The van der Waals surface area contributed by atoms with Crippen molar-refractivity contribution >= 4 is 23.7 Å². The summed E-state index contributed by atoms with van der Waals surface area (Å²) in [6.45, 7) is 3.40. The van der Waals surface area contributed by atoms with Crippen LogP contribution < -0.4 is 24.3 Å². The number of ketones is 1. The van der Waals surface area contributed by atoms with Gasteiger partial charge in [-0.3, -0.25) is 9.59 Å². The molecule has 9 heteroatoms. The second-order valence-corrected chi connectivity index (χ2v) is 7.77. The van der Waals surface area contributed by atoms with Crippen LogP contribution in [-0.2, 0) is 9.59 Å². The summed E-state index contributed by atoms with van der Waals surface area (Å²) in [7, 11) is 0. The van der Waals surface area contributed by atoms with E-state index in [4.69, 9.17) is 18.9 Å². The number of amides is 1. The summed E-state index contributed by atoms with van der Waals surface area (Å²) in [6, 6.07) is 8.95. The van der Waals surface area contributed by atoms with Gasteiger partial charge >= 0.3 is 5.97 Å². The van der Waals surface area contributed by atoms with Gasteiger partial charge in [-0.15, -0.1) is 0 Å². The zero-order chi connectivity index (χ0) is 23.5. The first kappa shape index (κ1) is 22.2. The van der Waals surface area contributed by atoms with Crippen LogP contribution >= 0.6 is 0 Å². The average Bonchev–Trinajstić information content (AvgIpc) is 3.39. The van der Waals surface area contributed by atoms with Crippen molar-refractivity contribution in [3.05, 3.63) is 53.3 Å². The molecule has 1 unspecified atom stereocenters. The number of benzene rings is 2. The number of aliphatic carboxylic acids is 1. The van der Waals surface area contributed by atoms with Crippen LogP contribution in [0, 0.1) is 5.92 Å². The van der Waals surface area contributed by atoms with Crippen molar-refractivity contribution in [3.63, 3.8) is 0 Å². The zero-order valence-corrected chi connectivity index (χ0v) is 18.1. The maximum Gasteiger partial charge on any atom is 0.326 e. The van der Waals surface area contributed by atoms with Crippen LogP contribution in [-0.4, -0.2) is 42.2 Å². The van der Waals surface area contributed by atoms with E-state index in [-0.39, 0.29) is 30.9 Å². The van der Waals surface area contributed by atoms with Gasteiger partial charge in [0, 0.05) is 6.07 Å². The normalized spacial score (nSPS) is 16.7. The van der Waals surface area contributed by atoms with E-state index in [1.54, 1.807) is 43.3 Å². The maximum atomic E-state index is 12.7. The Bertz CT molecular complexity index is 1140. The second-order valence-electron chi connectivity index (χ2n) is 7.77. The van der Waals surface area contributed by atoms with Gasteiger partial charge in [0.2, 0.25) is 12.6 Å². The number of carbonyl (C=O) groups excluding carboxylic acids is 2. The number of ether oxygens (including phenoxy) is 4. The van der Waals surface area contributed by atoms with Gasteiger partial charge in [-0.1, -0.05) is 26.3 Å². The van der Waals surface area contributed by atoms with Gasteiger partial charge < -0.3 is 29.4 Å². The van der Waals surface area contributed by atoms with Gasteiger partial charge in [-0.2, -0.15) is 0 Å². The Balaban J connectivity index is 1.41. The monoisotopic (exact) mass is 453 g/mol. The van der Waals surface area contributed by atoms with E-state index in [2.05, 4.69) is 5.32 Å². The van der Waals surface area contributed by atoms with Gasteiger partial charge in [-0.25, -0.2) is 4.79 Å². The summed E-state index contributed by atoms with van der Waals surface area (Å²) in [5.41, 5.74) is 1.10. The van der Waals surface area contributed by atoms with Crippen molar-refractivity contribution in [1.82, 2.24) is 5.32 Å². The molecule has 0 aromatic heterocycles. The third-order valence-electron chi connectivity index (χ3n) is 5.50. The van der Waals surface area contributed by atoms with Crippen molar-refractivity contribution in [2.24, 2.45) is 5.92 Å². The van der Waals surface area contributed by atoms with Crippen LogP contribution in [0.5, 0.6) is 23.0 Å². The van der Waals surface area contributed by atoms with Crippen molar-refractivity contribution in [2.45, 2.75) is 26.3 Å². The summed E-state index contributed by atoms with van der Waals surface area (Å²) in [6.07, 6.45) is 2.22. The van der Waals surface area contributed by atoms with E-state index in [0.717, 1.165) is 5.56 Å². The van der Waals surface area contributed by atoms with Gasteiger partial charge in [0.05, 0.1) is 5.56 Å². The van der Waals surface area contributed by atoms with Crippen LogP contribution in [0.1, 0.15) is 36.2 Å². The van der Waals surface area contributed by atoms with Crippen molar-refractivity contribution < 1.29 is 38.4 Å². The lowest BCUT2D eigenvalue weighted by Gasteiger charge is -2.20. The Labute approximate surface area is 189 Å². The minimum absolute atomic E-state index is 0.150. The molecule has 2 aromatic carbocycles. The number of Topliss-reactive ketones (excluding diaryl/α,β-unsaturated/α-hetero) is 1. The third-order valence-corrected chi connectivity index (χ3v) is 5.50. The smallest absolute Gasteiger partial charge is 0.326 e. The highest BCUT2D eigenvalue weighted by atomic mass is 16.7. The minimum Gasteiger partial charge on any atom is -0.484 e. The summed E-state index contributed by atoms with van der Waals surface area (Å²) in [5.74, 6) is -0.123. The Morgan fingerprint density at radius 1 is 1.15 bits per heavy atom. The van der Waals surface area contributed by atoms with Crippen LogP contribution in [0.3, 0.4) is 0 Å². The number of nitrogens with one attached hydrogen (secondary N) is 1. The molecule has 2 aliphatic heterocycles. The van der Waals surface area contributed by atoms with Gasteiger partial charge in [0.1, 0.15) is 17.5 Å². The van der Waals surface area contributed by atoms with E-state index < -0.39 is 17.9 Å². The lowest BCUT2D eigenvalue weighted by atomic mass is 9.99. The van der Waals surface area contributed by atoms with E-state index in [0.29, 0.717) is 35.0 Å². The van der Waals surface area contributed by atoms with E-state index in [1.807, 2.05) is 6.92 Å². The quantitative estimate of drug-likeness (QED) is 0.585. The molecule has 2 aliphatic rings. The highest BCUT2D eigenvalue weighted by Gasteiger charge is 2.29. The standard InChI is InChI=1S/C24H23NO8/c1-3-13(2)22(24(28)29)25-21(26)11-30-15-5-6-16-18(10-15)33-20(23(16)27)9-14-4-7-17-19(8-14)32-12-31-17/h4-10,13,22H,3,11-12H2,1-2H3,(H,25,26)(H,28,29)/b20-9-/t13?,22-/m0/s1. The SMILES string of the molecule is CCC(C)[C@H](NC(=O)COc1ccc2c(c1)O/C(=C\c1ccc3c(c1)OCO3)C2=O)C(=O)O. The summed E-state index contributed by atoms with van der Waals surface area (Å²) < 4.78 is 21.8. The Morgan fingerprint density at radius 2 is 1.94 bits per heavy atom. The Hall–Kier alpha value is -4.01. The fourth-order valence-electron chi connectivity index (χ4n) is 3.46. The van der Waals surface area contributed by atoms with Crippen molar-refractivity contribution in [1.29, 1.82) is 0 Å². The van der Waals surface area contributed by atoms with Crippen molar-refractivity contribution in [3.8, 4) is 23.0 Å². The van der Waals surface area contributed by atoms with Crippen LogP contribution in [0.15, 0.2) is 42.2 Å². The molecule has 2 heterocycles. The van der Waals surface area contributed by atoms with Crippen LogP contribution in [0.25, 0.3) is 6.08 Å². The number of carboxylic acids is 1. The van der Waals surface area contributed by atoms with Gasteiger partial charge in [-0.05, 0) is 41.8 Å². The van der Waals surface area contributed by atoms with Crippen molar-refractivity contribution in [2.75, 3.05) is 13.4 Å². The maximum absolute atomic E-state index is 12.7. The first-order chi connectivity index (χ1) is 15.9. The molecule has 9 nitrogen and oxygen atoms in total. The number of carboxylic acid groups (broad SMARTS) is 1. The van der Waals surface area contributed by atoms with E-state index in [1.165, 1.54) is 6.07 Å². The molecule has 0 aliphatic carbocycles. The molecule has 2 atom stereocenters. The zero-order valence-electron chi connectivity index (χ0n) is 18.1. The second kappa shape index (κ2) is 9.23. The number of hydrogen-bond acceptors (Lipinski definition) is 7. The number of allylic oxidation sites excluding steroid dienone is 1. The van der Waals surface area contributed by atoms with Crippen LogP contribution in [0.2, 0.25) is 0 Å². The fraction of sp³-hybridized carbons (Fsp3) is 0.292. The molecule has 0 radical (unpaired) electrons. The molecular weight excluding hydrogens is 430 g/mol. The predicted octanol–water partition coefficient (Wildman–Crippen LogP) is 3.03. The molecule has 0 fully saturated rings. The Kier molecular flexibility index (Phi) is 6.21. The molecule has 0 bridgehead atoms. The average molecular weight is 453 g/mol. The number of hydrogen-bond donors (Lipinski definition) is 2. The van der Waals surface area contributed by atoms with E-state index >= 15 is 0 Å². The lowest BCUT2D eigenvalue weighted by molar-refractivity contribution is -0.143. The van der Waals surface area contributed by atoms with Crippen LogP contribution in [0.4, 0.5) is 0 Å². The molecule has 0 saturated heterocycles. The topological polar surface area (TPSA) is 120 Å². The predicted molar refractivity (Wildman–Crippen MR) is 116 cm³/mol. The summed E-state index contributed by atoms with van der Waals surface area (Å²) in [4.78, 5) is 36.2. The molecule has 172 valence electrons.